The van der Waals surface area contributed by atoms with E-state index in [-0.39, 0.29) is 5.91 Å². The van der Waals surface area contributed by atoms with Crippen LogP contribution in [0.3, 0.4) is 0 Å². The third-order valence-electron chi connectivity index (χ3n) is 3.43. The SMILES string of the molecule is CCCc1nc(NN)cc(N2CCN(C(C)=O)CC2)n1. The van der Waals surface area contributed by atoms with Crippen molar-refractivity contribution in [2.24, 2.45) is 5.84 Å². The fraction of sp³-hybridized carbons (Fsp3) is 0.615. The van der Waals surface area contributed by atoms with Gasteiger partial charge in [0.1, 0.15) is 17.5 Å². The van der Waals surface area contributed by atoms with Gasteiger partial charge in [-0.05, 0) is 6.42 Å². The van der Waals surface area contributed by atoms with Crippen molar-refractivity contribution in [1.29, 1.82) is 0 Å². The lowest BCUT2D eigenvalue weighted by Gasteiger charge is -2.35. The number of amides is 1. The Hall–Kier alpha value is -1.89. The van der Waals surface area contributed by atoms with Crippen LogP contribution in [0.25, 0.3) is 0 Å². The maximum atomic E-state index is 11.3. The van der Waals surface area contributed by atoms with E-state index in [0.717, 1.165) is 50.7 Å². The van der Waals surface area contributed by atoms with Gasteiger partial charge in [-0.25, -0.2) is 15.8 Å². The van der Waals surface area contributed by atoms with Crippen molar-refractivity contribution in [3.63, 3.8) is 0 Å². The van der Waals surface area contributed by atoms with Crippen LogP contribution in [-0.4, -0.2) is 47.0 Å². The fourth-order valence-electron chi connectivity index (χ4n) is 2.30. The summed E-state index contributed by atoms with van der Waals surface area (Å²) in [5, 5.41) is 0. The molecule has 1 aromatic rings. The number of nitrogens with one attached hydrogen (secondary N) is 1. The molecule has 1 aliphatic heterocycles. The molecule has 2 rings (SSSR count). The number of piperazine rings is 1. The number of nitrogen functional groups attached to an aromatic ring is 1. The number of hydrogen-bond donors (Lipinski definition) is 2. The van der Waals surface area contributed by atoms with Crippen LogP contribution in [0.5, 0.6) is 0 Å². The number of anilines is 2. The zero-order valence-electron chi connectivity index (χ0n) is 12.1. The summed E-state index contributed by atoms with van der Waals surface area (Å²) < 4.78 is 0. The van der Waals surface area contributed by atoms with Gasteiger partial charge in [-0.1, -0.05) is 6.92 Å². The quantitative estimate of drug-likeness (QED) is 0.612. The van der Waals surface area contributed by atoms with Gasteiger partial charge < -0.3 is 15.2 Å². The zero-order valence-corrected chi connectivity index (χ0v) is 12.1. The van der Waals surface area contributed by atoms with E-state index in [0.29, 0.717) is 5.82 Å². The molecule has 0 atom stereocenters. The predicted molar refractivity (Wildman–Crippen MR) is 78.3 cm³/mol. The Morgan fingerprint density at radius 2 is 2.05 bits per heavy atom. The number of carbonyl (C=O) groups excluding carboxylic acids is 1. The normalized spacial score (nSPS) is 15.3. The molecule has 1 aliphatic rings. The molecule has 0 aromatic carbocycles. The summed E-state index contributed by atoms with van der Waals surface area (Å²) in [6, 6.07) is 1.85. The first-order chi connectivity index (χ1) is 9.63. The van der Waals surface area contributed by atoms with Crippen LogP contribution in [0.4, 0.5) is 11.6 Å². The molecule has 1 fully saturated rings. The van der Waals surface area contributed by atoms with Crippen molar-refractivity contribution >= 4 is 17.5 Å². The van der Waals surface area contributed by atoms with Crippen LogP contribution in [0, 0.1) is 0 Å². The van der Waals surface area contributed by atoms with E-state index < -0.39 is 0 Å². The maximum absolute atomic E-state index is 11.3. The van der Waals surface area contributed by atoms with Crippen molar-refractivity contribution in [2.45, 2.75) is 26.7 Å². The van der Waals surface area contributed by atoms with Gasteiger partial charge in [0.25, 0.3) is 0 Å². The van der Waals surface area contributed by atoms with Crippen molar-refractivity contribution in [3.8, 4) is 0 Å². The number of aryl methyl sites for hydroxylation is 1. The van der Waals surface area contributed by atoms with Crippen molar-refractivity contribution in [3.05, 3.63) is 11.9 Å². The van der Waals surface area contributed by atoms with E-state index in [9.17, 15) is 4.79 Å². The fourth-order valence-corrected chi connectivity index (χ4v) is 2.30. The second-order valence-electron chi connectivity index (χ2n) is 4.92. The average Bonchev–Trinajstić information content (AvgIpc) is 2.47. The van der Waals surface area contributed by atoms with Crippen molar-refractivity contribution in [2.75, 3.05) is 36.5 Å². The molecule has 0 unspecified atom stereocenters. The topological polar surface area (TPSA) is 87.4 Å². The van der Waals surface area contributed by atoms with E-state index in [1.807, 2.05) is 11.0 Å². The van der Waals surface area contributed by atoms with Gasteiger partial charge >= 0.3 is 0 Å². The highest BCUT2D eigenvalue weighted by atomic mass is 16.2. The monoisotopic (exact) mass is 278 g/mol. The molecule has 1 amide bonds. The molecule has 2 heterocycles. The Morgan fingerprint density at radius 3 is 2.60 bits per heavy atom. The van der Waals surface area contributed by atoms with Crippen LogP contribution in [-0.2, 0) is 11.2 Å². The minimum Gasteiger partial charge on any atom is -0.353 e. The summed E-state index contributed by atoms with van der Waals surface area (Å²) in [7, 11) is 0. The Morgan fingerprint density at radius 1 is 1.35 bits per heavy atom. The van der Waals surface area contributed by atoms with E-state index in [1.165, 1.54) is 0 Å². The predicted octanol–water partition coefficient (Wildman–Crippen LogP) is 0.383. The standard InChI is InChI=1S/C13H22N6O/c1-3-4-11-15-12(17-14)9-13(16-11)19-7-5-18(6-8-19)10(2)20/h9H,3-8,14H2,1-2H3,(H,15,16,17). The molecule has 0 radical (unpaired) electrons. The van der Waals surface area contributed by atoms with Crippen molar-refractivity contribution in [1.82, 2.24) is 14.9 Å². The number of nitrogens with two attached hydrogens (primary N) is 1. The highest BCUT2D eigenvalue weighted by Crippen LogP contribution is 2.18. The first-order valence-corrected chi connectivity index (χ1v) is 6.99. The summed E-state index contributed by atoms with van der Waals surface area (Å²) >= 11 is 0. The molecule has 7 nitrogen and oxygen atoms in total. The molecule has 0 aliphatic carbocycles. The third kappa shape index (κ3) is 3.36. The molecular weight excluding hydrogens is 256 g/mol. The average molecular weight is 278 g/mol. The molecule has 3 N–H and O–H groups in total. The molecule has 1 aromatic heterocycles. The molecule has 110 valence electrons. The number of hydrazine groups is 1. The lowest BCUT2D eigenvalue weighted by atomic mass is 10.3. The molecule has 0 spiro atoms. The summed E-state index contributed by atoms with van der Waals surface area (Å²) in [4.78, 5) is 24.3. The number of hydrogen-bond acceptors (Lipinski definition) is 6. The molecule has 7 heteroatoms. The molecular formula is C13H22N6O. The van der Waals surface area contributed by atoms with Gasteiger partial charge in [-0.3, -0.25) is 4.79 Å². The molecule has 1 saturated heterocycles. The Balaban J connectivity index is 2.12. The van der Waals surface area contributed by atoms with Crippen LogP contribution < -0.4 is 16.2 Å². The van der Waals surface area contributed by atoms with Gasteiger partial charge in [0.15, 0.2) is 0 Å². The van der Waals surface area contributed by atoms with Gasteiger partial charge in [-0.15, -0.1) is 0 Å². The maximum Gasteiger partial charge on any atom is 0.219 e. The van der Waals surface area contributed by atoms with Gasteiger partial charge in [0.2, 0.25) is 5.91 Å². The van der Waals surface area contributed by atoms with Gasteiger partial charge in [0, 0.05) is 45.6 Å². The molecule has 0 saturated carbocycles. The van der Waals surface area contributed by atoms with E-state index in [2.05, 4.69) is 27.2 Å². The number of rotatable bonds is 4. The first kappa shape index (κ1) is 14.5. The summed E-state index contributed by atoms with van der Waals surface area (Å²) in [5.74, 6) is 7.90. The van der Waals surface area contributed by atoms with Crippen LogP contribution in [0.15, 0.2) is 6.07 Å². The van der Waals surface area contributed by atoms with E-state index in [4.69, 9.17) is 5.84 Å². The van der Waals surface area contributed by atoms with Crippen molar-refractivity contribution < 1.29 is 4.79 Å². The number of nitrogens with zero attached hydrogens (tertiary/aromatic N) is 4. The Kier molecular flexibility index (Phi) is 4.73. The summed E-state index contributed by atoms with van der Waals surface area (Å²) in [5.41, 5.74) is 2.59. The lowest BCUT2D eigenvalue weighted by molar-refractivity contribution is -0.129. The number of carbonyl (C=O) groups is 1. The highest BCUT2D eigenvalue weighted by Gasteiger charge is 2.20. The van der Waals surface area contributed by atoms with Crippen LogP contribution in [0.2, 0.25) is 0 Å². The Labute approximate surface area is 119 Å². The minimum atomic E-state index is 0.128. The second kappa shape index (κ2) is 6.51. The smallest absolute Gasteiger partial charge is 0.219 e. The highest BCUT2D eigenvalue weighted by molar-refractivity contribution is 5.73. The molecule has 20 heavy (non-hydrogen) atoms. The second-order valence-corrected chi connectivity index (χ2v) is 4.92. The summed E-state index contributed by atoms with van der Waals surface area (Å²) in [6.07, 6.45) is 1.82. The van der Waals surface area contributed by atoms with Gasteiger partial charge in [-0.2, -0.15) is 0 Å². The Bertz CT molecular complexity index is 470. The summed E-state index contributed by atoms with van der Waals surface area (Å²) in [6.45, 7) is 6.73. The lowest BCUT2D eigenvalue weighted by Crippen LogP contribution is -2.48. The van der Waals surface area contributed by atoms with E-state index in [1.54, 1.807) is 6.92 Å². The zero-order chi connectivity index (χ0) is 14.5. The van der Waals surface area contributed by atoms with Gasteiger partial charge in [0.05, 0.1) is 0 Å². The van der Waals surface area contributed by atoms with Crippen LogP contribution >= 0.6 is 0 Å². The third-order valence-corrected chi connectivity index (χ3v) is 3.43. The minimum absolute atomic E-state index is 0.128. The first-order valence-electron chi connectivity index (χ1n) is 6.99. The molecule has 0 bridgehead atoms. The largest absolute Gasteiger partial charge is 0.353 e. The van der Waals surface area contributed by atoms with Crippen LogP contribution in [0.1, 0.15) is 26.1 Å². The van der Waals surface area contributed by atoms with E-state index >= 15 is 0 Å². The number of aromatic nitrogens is 2.